The van der Waals surface area contributed by atoms with E-state index in [1.807, 2.05) is 0 Å². The monoisotopic (exact) mass is 403 g/mol. The molecule has 0 amide bonds. The van der Waals surface area contributed by atoms with Crippen LogP contribution in [0, 0.1) is 0 Å². The average Bonchev–Trinajstić information content (AvgIpc) is 2.15. The number of hydrogen-bond donors (Lipinski definition) is 1. The first-order valence-electron chi connectivity index (χ1n) is 6.40. The van der Waals surface area contributed by atoms with Gasteiger partial charge in [0.15, 0.2) is 5.78 Å². The molecule has 0 aromatic rings. The van der Waals surface area contributed by atoms with Crippen molar-refractivity contribution in [3.05, 3.63) is 36.4 Å². The van der Waals surface area contributed by atoms with Crippen LogP contribution in [0.2, 0.25) is 39.3 Å². The predicted molar refractivity (Wildman–Crippen MR) is 94.2 cm³/mol. The van der Waals surface area contributed by atoms with E-state index in [2.05, 4.69) is 63.8 Å². The molecule has 1 N–H and O–H groups in total. The molecular weight excluding hydrogens is 371 g/mol. The Labute approximate surface area is 140 Å². The molecule has 0 aromatic carbocycles. The van der Waals surface area contributed by atoms with Gasteiger partial charge in [-0.05, 0) is 13.8 Å². The van der Waals surface area contributed by atoms with Crippen molar-refractivity contribution in [2.24, 2.45) is 0 Å². The fourth-order valence-electron chi connectivity index (χ4n) is 0.294. The van der Waals surface area contributed by atoms with E-state index >= 15 is 0 Å². The summed E-state index contributed by atoms with van der Waals surface area (Å²) in [6.45, 7) is 23.8. The molecule has 1 radical (unpaired) electrons. The van der Waals surface area contributed by atoms with Crippen molar-refractivity contribution in [3.8, 4) is 0 Å². The van der Waals surface area contributed by atoms with Gasteiger partial charge in [0, 0.05) is 25.6 Å². The Morgan fingerprint density at radius 3 is 1.10 bits per heavy atom. The number of ketones is 1. The van der Waals surface area contributed by atoms with E-state index in [4.69, 9.17) is 5.11 Å². The summed E-state index contributed by atoms with van der Waals surface area (Å²) in [6, 6.07) is 0. The normalized spacial score (nSPS) is 10.7. The van der Waals surface area contributed by atoms with Gasteiger partial charge in [0.05, 0.1) is 21.9 Å². The van der Waals surface area contributed by atoms with Gasteiger partial charge in [-0.25, -0.2) is 0 Å². The van der Waals surface area contributed by atoms with Gasteiger partial charge < -0.3 is 5.11 Å². The molecule has 0 rings (SSSR count). The zero-order valence-corrected chi connectivity index (χ0v) is 18.0. The van der Waals surface area contributed by atoms with Gasteiger partial charge in [-0.15, -0.1) is 24.6 Å². The molecule has 0 unspecified atom stereocenters. The van der Waals surface area contributed by atoms with E-state index in [0.717, 1.165) is 0 Å². The minimum absolute atomic E-state index is 0. The Balaban J connectivity index is -0.0000000941. The van der Waals surface area contributed by atoms with Gasteiger partial charge in [0.25, 0.3) is 0 Å². The van der Waals surface area contributed by atoms with Crippen LogP contribution in [-0.2, 0) is 24.3 Å². The number of allylic oxidation sites excluding steroid dienone is 2. The molecule has 0 aliphatic carbocycles. The van der Waals surface area contributed by atoms with E-state index in [1.165, 1.54) is 19.9 Å². The first-order valence-corrected chi connectivity index (χ1v) is 13.6. The second kappa shape index (κ2) is 13.7. The number of carbonyl (C=O) groups is 1. The van der Waals surface area contributed by atoms with E-state index in [1.54, 1.807) is 0 Å². The van der Waals surface area contributed by atoms with E-state index in [-0.39, 0.29) is 31.0 Å². The SMILES string of the molecule is C=C[Si](C)(C)C.C=C[Si](C)(C)C.CC(=O)/C=C(/C)O.[Rh]. The van der Waals surface area contributed by atoms with Crippen molar-refractivity contribution < 1.29 is 29.4 Å². The molecule has 20 heavy (non-hydrogen) atoms. The fourth-order valence-corrected chi connectivity index (χ4v) is 0.294. The number of aliphatic hydroxyl groups is 1. The van der Waals surface area contributed by atoms with Crippen LogP contribution in [-0.4, -0.2) is 27.0 Å². The molecule has 0 aliphatic rings. The zero-order chi connectivity index (χ0) is 16.3. The van der Waals surface area contributed by atoms with Crippen LogP contribution in [0.5, 0.6) is 0 Å². The molecule has 0 atom stereocenters. The standard InChI is InChI=1S/C5H8O2.2C5H12Si.Rh/c1-4(6)3-5(2)7;2*1-5-6(2,3)4;/h3,6H,1-2H3;2*5H,1H2,2-4H3;/b4-3-;;;. The summed E-state index contributed by atoms with van der Waals surface area (Å²) in [7, 11) is -1.73. The number of carbonyl (C=O) groups excluding carboxylic acids is 1. The van der Waals surface area contributed by atoms with Crippen LogP contribution in [0.25, 0.3) is 0 Å². The van der Waals surface area contributed by atoms with Crippen LogP contribution >= 0.6 is 0 Å². The van der Waals surface area contributed by atoms with Crippen LogP contribution < -0.4 is 0 Å². The molecule has 121 valence electrons. The van der Waals surface area contributed by atoms with Crippen molar-refractivity contribution in [1.82, 2.24) is 0 Å². The third-order valence-electron chi connectivity index (χ3n) is 1.64. The maximum atomic E-state index is 10.0. The van der Waals surface area contributed by atoms with Crippen LogP contribution in [0.1, 0.15) is 13.8 Å². The van der Waals surface area contributed by atoms with Crippen molar-refractivity contribution in [1.29, 1.82) is 0 Å². The molecule has 0 saturated heterocycles. The second-order valence-electron chi connectivity index (χ2n) is 6.54. The van der Waals surface area contributed by atoms with E-state index < -0.39 is 16.1 Å². The quantitative estimate of drug-likeness (QED) is 0.403. The summed E-state index contributed by atoms with van der Waals surface area (Å²) in [4.78, 5) is 10.0. The minimum atomic E-state index is -0.867. The van der Waals surface area contributed by atoms with E-state index in [9.17, 15) is 4.79 Å². The molecule has 0 spiro atoms. The van der Waals surface area contributed by atoms with Crippen LogP contribution in [0.15, 0.2) is 36.4 Å². The maximum Gasteiger partial charge on any atom is 0.155 e. The third kappa shape index (κ3) is 52.4. The van der Waals surface area contributed by atoms with Crippen molar-refractivity contribution in [3.63, 3.8) is 0 Å². The summed E-state index contributed by atoms with van der Waals surface area (Å²) in [5.74, 6) is -0.0625. The first-order chi connectivity index (χ1) is 8.25. The summed E-state index contributed by atoms with van der Waals surface area (Å²) in [5.41, 5.74) is 4.15. The van der Waals surface area contributed by atoms with Gasteiger partial charge in [-0.3, -0.25) is 4.79 Å². The molecular formula is C15H32O2RhSi2. The van der Waals surface area contributed by atoms with Gasteiger partial charge >= 0.3 is 0 Å². The van der Waals surface area contributed by atoms with Crippen molar-refractivity contribution in [2.75, 3.05) is 0 Å². The molecule has 5 heteroatoms. The first kappa shape index (κ1) is 28.0. The molecule has 0 heterocycles. The number of aliphatic hydroxyl groups excluding tert-OH is 1. The Hall–Kier alpha value is -0.253. The third-order valence-corrected chi connectivity index (χ3v) is 4.09. The molecule has 2 nitrogen and oxygen atoms in total. The van der Waals surface area contributed by atoms with Gasteiger partial charge in [0.1, 0.15) is 0 Å². The van der Waals surface area contributed by atoms with E-state index in [0.29, 0.717) is 0 Å². The van der Waals surface area contributed by atoms with Crippen molar-refractivity contribution >= 4 is 21.9 Å². The zero-order valence-electron chi connectivity index (χ0n) is 14.3. The molecule has 0 aliphatic heterocycles. The summed E-state index contributed by atoms with van der Waals surface area (Å²) < 4.78 is 0. The van der Waals surface area contributed by atoms with Crippen LogP contribution in [0.3, 0.4) is 0 Å². The molecule has 0 aromatic heterocycles. The Morgan fingerprint density at radius 2 is 1.10 bits per heavy atom. The van der Waals surface area contributed by atoms with Crippen molar-refractivity contribution in [2.45, 2.75) is 53.1 Å². The maximum absolute atomic E-state index is 10.0. The molecule has 0 bridgehead atoms. The Kier molecular flexibility index (Phi) is 19.2. The predicted octanol–water partition coefficient (Wildman–Crippen LogP) is 5.13. The largest absolute Gasteiger partial charge is 0.512 e. The topological polar surface area (TPSA) is 37.3 Å². The fraction of sp³-hybridized carbons (Fsp3) is 0.533. The van der Waals surface area contributed by atoms with Gasteiger partial charge in [0.2, 0.25) is 0 Å². The average molecular weight is 403 g/mol. The molecule has 0 saturated carbocycles. The van der Waals surface area contributed by atoms with Crippen LogP contribution in [0.4, 0.5) is 0 Å². The molecule has 0 fully saturated rings. The summed E-state index contributed by atoms with van der Waals surface area (Å²) in [6.07, 6.45) is 1.17. The number of hydrogen-bond acceptors (Lipinski definition) is 2. The smallest absolute Gasteiger partial charge is 0.155 e. The Morgan fingerprint density at radius 1 is 0.900 bits per heavy atom. The minimum Gasteiger partial charge on any atom is -0.512 e. The number of rotatable bonds is 3. The summed E-state index contributed by atoms with van der Waals surface area (Å²) in [5, 5.41) is 8.36. The Bertz CT molecular complexity index is 289. The summed E-state index contributed by atoms with van der Waals surface area (Å²) >= 11 is 0. The van der Waals surface area contributed by atoms with Gasteiger partial charge in [-0.2, -0.15) is 0 Å². The second-order valence-corrected chi connectivity index (χ2v) is 16.8. The van der Waals surface area contributed by atoms with Gasteiger partial charge in [-0.1, -0.05) is 39.3 Å².